The predicted molar refractivity (Wildman–Crippen MR) is 154 cm³/mol. The zero-order valence-electron chi connectivity index (χ0n) is 23.2. The first kappa shape index (κ1) is 30.5. The average Bonchev–Trinajstić information content (AvgIpc) is 2.97. The Labute approximate surface area is 234 Å². The van der Waals surface area contributed by atoms with Crippen molar-refractivity contribution in [3.05, 3.63) is 60.2 Å². The molecular formula is C28H39N7O5. The second-order valence-electron chi connectivity index (χ2n) is 9.11. The fraction of sp³-hybridized carbons (Fsp3) is 0.429. The highest BCUT2D eigenvalue weighted by Gasteiger charge is 2.15. The summed E-state index contributed by atoms with van der Waals surface area (Å²) < 4.78 is 16.4. The van der Waals surface area contributed by atoms with Gasteiger partial charge in [0.05, 0.1) is 46.2 Å². The van der Waals surface area contributed by atoms with Crippen molar-refractivity contribution in [1.82, 2.24) is 20.3 Å². The number of aliphatic hydroxyl groups is 1. The van der Waals surface area contributed by atoms with Crippen molar-refractivity contribution in [1.29, 1.82) is 0 Å². The number of nitrogens with one attached hydrogen (secondary N) is 4. The van der Waals surface area contributed by atoms with Crippen LogP contribution in [0.1, 0.15) is 24.2 Å². The van der Waals surface area contributed by atoms with Crippen LogP contribution in [-0.4, -0.2) is 85.2 Å². The maximum atomic E-state index is 12.0. The Morgan fingerprint density at radius 2 is 1.57 bits per heavy atom. The van der Waals surface area contributed by atoms with Crippen molar-refractivity contribution < 1.29 is 24.1 Å². The van der Waals surface area contributed by atoms with Crippen LogP contribution in [0.25, 0.3) is 0 Å². The lowest BCUT2D eigenvalue weighted by atomic mass is 10.1. The Morgan fingerprint density at radius 3 is 2.27 bits per heavy atom. The first-order chi connectivity index (χ1) is 19.5. The molecule has 40 heavy (non-hydrogen) atoms. The summed E-state index contributed by atoms with van der Waals surface area (Å²) in [5.74, 6) is 1.78. The zero-order valence-corrected chi connectivity index (χ0v) is 23.2. The molecule has 0 saturated heterocycles. The number of nitrogens with zero attached hydrogens (tertiary/aromatic N) is 3. The molecule has 3 aromatic rings. The SMILES string of the molecule is COc1cccc(Nc2nc(NCCOCCOCCNC(=O)c3ccccc3)nc(N[C@@H](CO)C(C)C)n2)c1. The number of methoxy groups -OCH3 is 1. The highest BCUT2D eigenvalue weighted by atomic mass is 16.5. The van der Waals surface area contributed by atoms with Crippen molar-refractivity contribution in [2.24, 2.45) is 5.92 Å². The molecule has 0 unspecified atom stereocenters. The molecule has 216 valence electrons. The van der Waals surface area contributed by atoms with Crippen LogP contribution in [0.2, 0.25) is 0 Å². The number of hydrogen-bond donors (Lipinski definition) is 5. The molecule has 12 nitrogen and oxygen atoms in total. The molecule has 0 spiro atoms. The lowest BCUT2D eigenvalue weighted by Crippen LogP contribution is -2.30. The van der Waals surface area contributed by atoms with Crippen LogP contribution >= 0.6 is 0 Å². The van der Waals surface area contributed by atoms with E-state index >= 15 is 0 Å². The molecular weight excluding hydrogens is 514 g/mol. The van der Waals surface area contributed by atoms with Crippen LogP contribution in [0.15, 0.2) is 54.6 Å². The van der Waals surface area contributed by atoms with E-state index in [1.807, 2.05) is 56.3 Å². The molecule has 0 aliphatic heterocycles. The topological polar surface area (TPSA) is 152 Å². The molecule has 1 heterocycles. The van der Waals surface area contributed by atoms with E-state index in [9.17, 15) is 9.90 Å². The largest absolute Gasteiger partial charge is 0.497 e. The van der Waals surface area contributed by atoms with Crippen molar-refractivity contribution in [2.45, 2.75) is 19.9 Å². The smallest absolute Gasteiger partial charge is 0.251 e. The van der Waals surface area contributed by atoms with E-state index in [4.69, 9.17) is 14.2 Å². The molecule has 0 aliphatic rings. The molecule has 1 amide bonds. The van der Waals surface area contributed by atoms with Crippen molar-refractivity contribution in [2.75, 3.05) is 69.2 Å². The summed E-state index contributed by atoms with van der Waals surface area (Å²) in [6.07, 6.45) is 0. The van der Waals surface area contributed by atoms with Gasteiger partial charge in [-0.05, 0) is 30.2 Å². The van der Waals surface area contributed by atoms with Gasteiger partial charge in [0, 0.05) is 30.4 Å². The van der Waals surface area contributed by atoms with Crippen LogP contribution in [0.5, 0.6) is 5.75 Å². The molecule has 0 bridgehead atoms. The summed E-state index contributed by atoms with van der Waals surface area (Å²) in [5.41, 5.74) is 1.38. The lowest BCUT2D eigenvalue weighted by Gasteiger charge is -2.20. The Morgan fingerprint density at radius 1 is 0.875 bits per heavy atom. The lowest BCUT2D eigenvalue weighted by molar-refractivity contribution is 0.0519. The first-order valence-corrected chi connectivity index (χ1v) is 13.3. The monoisotopic (exact) mass is 553 g/mol. The number of amides is 1. The average molecular weight is 554 g/mol. The molecule has 0 saturated carbocycles. The van der Waals surface area contributed by atoms with Crippen LogP contribution in [0.3, 0.4) is 0 Å². The van der Waals surface area contributed by atoms with Crippen LogP contribution < -0.4 is 26.0 Å². The predicted octanol–water partition coefficient (Wildman–Crippen LogP) is 2.93. The Balaban J connectivity index is 1.42. The van der Waals surface area contributed by atoms with E-state index in [1.165, 1.54) is 0 Å². The van der Waals surface area contributed by atoms with Crippen molar-refractivity contribution >= 4 is 29.4 Å². The van der Waals surface area contributed by atoms with Gasteiger partial charge >= 0.3 is 0 Å². The molecule has 12 heteroatoms. The van der Waals surface area contributed by atoms with Gasteiger partial charge in [0.25, 0.3) is 5.91 Å². The fourth-order valence-corrected chi connectivity index (χ4v) is 3.48. The molecule has 5 N–H and O–H groups in total. The van der Waals surface area contributed by atoms with E-state index < -0.39 is 0 Å². The number of benzene rings is 2. The fourth-order valence-electron chi connectivity index (χ4n) is 3.48. The minimum atomic E-state index is -0.213. The van der Waals surface area contributed by atoms with Crippen LogP contribution in [0, 0.1) is 5.92 Å². The van der Waals surface area contributed by atoms with Crippen molar-refractivity contribution in [3.63, 3.8) is 0 Å². The molecule has 3 rings (SSSR count). The van der Waals surface area contributed by atoms with Gasteiger partial charge in [-0.15, -0.1) is 0 Å². The van der Waals surface area contributed by atoms with Crippen LogP contribution in [-0.2, 0) is 9.47 Å². The molecule has 1 atom stereocenters. The zero-order chi connectivity index (χ0) is 28.6. The summed E-state index contributed by atoms with van der Waals surface area (Å²) in [4.78, 5) is 25.4. The van der Waals surface area contributed by atoms with E-state index in [0.717, 1.165) is 5.69 Å². The van der Waals surface area contributed by atoms with Gasteiger partial charge < -0.3 is 40.6 Å². The first-order valence-electron chi connectivity index (χ1n) is 13.3. The number of aliphatic hydroxyl groups excluding tert-OH is 1. The highest BCUT2D eigenvalue weighted by molar-refractivity contribution is 5.94. The van der Waals surface area contributed by atoms with E-state index in [-0.39, 0.29) is 24.5 Å². The molecule has 0 fully saturated rings. The number of aromatic nitrogens is 3. The second kappa shape index (κ2) is 16.9. The quantitative estimate of drug-likeness (QED) is 0.148. The van der Waals surface area contributed by atoms with E-state index in [2.05, 4.69) is 36.2 Å². The number of carbonyl (C=O) groups is 1. The third-order valence-electron chi connectivity index (χ3n) is 5.75. The minimum absolute atomic E-state index is 0.0555. The number of rotatable bonds is 18. The Hall–Kier alpha value is -4.00. The normalized spacial score (nSPS) is 11.6. The van der Waals surface area contributed by atoms with Gasteiger partial charge in [-0.3, -0.25) is 4.79 Å². The van der Waals surface area contributed by atoms with Gasteiger partial charge in [0.15, 0.2) is 0 Å². The summed E-state index contributed by atoms with van der Waals surface area (Å²) >= 11 is 0. The highest BCUT2D eigenvalue weighted by Crippen LogP contribution is 2.21. The summed E-state index contributed by atoms with van der Waals surface area (Å²) in [7, 11) is 1.60. The molecule has 1 aromatic heterocycles. The summed E-state index contributed by atoms with van der Waals surface area (Å²) in [5, 5.41) is 22.0. The molecule has 2 aromatic carbocycles. The maximum Gasteiger partial charge on any atom is 0.251 e. The van der Waals surface area contributed by atoms with Gasteiger partial charge in [0.2, 0.25) is 17.8 Å². The number of anilines is 4. The summed E-state index contributed by atoms with van der Waals surface area (Å²) in [6.45, 7) is 6.47. The van der Waals surface area contributed by atoms with Crippen molar-refractivity contribution in [3.8, 4) is 5.75 Å². The van der Waals surface area contributed by atoms with E-state index in [1.54, 1.807) is 19.2 Å². The molecule has 0 radical (unpaired) electrons. The van der Waals surface area contributed by atoms with Gasteiger partial charge in [-0.2, -0.15) is 15.0 Å². The Kier molecular flexibility index (Phi) is 12.9. The van der Waals surface area contributed by atoms with Gasteiger partial charge in [-0.1, -0.05) is 38.1 Å². The minimum Gasteiger partial charge on any atom is -0.497 e. The second-order valence-corrected chi connectivity index (χ2v) is 9.11. The number of carbonyl (C=O) groups excluding carboxylic acids is 1. The number of hydrogen-bond acceptors (Lipinski definition) is 11. The van der Waals surface area contributed by atoms with Gasteiger partial charge in [-0.25, -0.2) is 0 Å². The van der Waals surface area contributed by atoms with Gasteiger partial charge in [0.1, 0.15) is 5.75 Å². The Bertz CT molecular complexity index is 1170. The summed E-state index contributed by atoms with van der Waals surface area (Å²) in [6, 6.07) is 16.3. The standard InChI is InChI=1S/C28H39N7O5/c1-20(2)24(19-36)32-28-34-26(33-27(35-28)31-22-10-7-11-23(18-22)38-3)30-13-15-40-17-16-39-14-12-29-25(37)21-8-5-4-6-9-21/h4-11,18,20,24,36H,12-17,19H2,1-3H3,(H,29,37)(H3,30,31,32,33,34,35)/t24-/m0/s1. The van der Waals surface area contributed by atoms with E-state index in [0.29, 0.717) is 68.7 Å². The molecule has 0 aliphatic carbocycles. The maximum absolute atomic E-state index is 12.0. The number of ether oxygens (including phenoxy) is 3. The van der Waals surface area contributed by atoms with Crippen LogP contribution in [0.4, 0.5) is 23.5 Å². The third-order valence-corrected chi connectivity index (χ3v) is 5.75. The third kappa shape index (κ3) is 10.6.